The van der Waals surface area contributed by atoms with Crippen molar-refractivity contribution in [1.29, 1.82) is 0 Å². The molecule has 2 saturated heterocycles. The van der Waals surface area contributed by atoms with Gasteiger partial charge in [0.05, 0.1) is 12.7 Å². The molecule has 2 fully saturated rings. The highest BCUT2D eigenvalue weighted by Crippen LogP contribution is 2.21. The number of rotatable bonds is 5. The van der Waals surface area contributed by atoms with Crippen molar-refractivity contribution in [2.24, 2.45) is 0 Å². The van der Waals surface area contributed by atoms with Crippen LogP contribution >= 0.6 is 31.9 Å². The Bertz CT molecular complexity index is 1680. The normalized spacial score (nSPS) is 14.9. The molecule has 2 aromatic carbocycles. The van der Waals surface area contributed by atoms with Gasteiger partial charge in [-0.1, -0.05) is 31.9 Å². The molecule has 15 heteroatoms. The Morgan fingerprint density at radius 1 is 0.733 bits per heavy atom. The molecule has 0 aliphatic carbocycles. The smallest absolute Gasteiger partial charge is 0.252 e. The van der Waals surface area contributed by atoms with Crippen molar-refractivity contribution in [1.82, 2.24) is 30.2 Å². The molecule has 2 aliphatic heterocycles. The Hall–Kier alpha value is -3.79. The van der Waals surface area contributed by atoms with Crippen molar-refractivity contribution >= 4 is 49.8 Å². The summed E-state index contributed by atoms with van der Waals surface area (Å²) in [5, 5.41) is 3.24. The number of aldehydes is 1. The van der Waals surface area contributed by atoms with Crippen LogP contribution in [-0.2, 0) is 6.54 Å². The Labute approximate surface area is 275 Å². The molecule has 6 rings (SSSR count). The second-order valence-electron chi connectivity index (χ2n) is 10.1. The van der Waals surface area contributed by atoms with Gasteiger partial charge in [0.2, 0.25) is 0 Å². The number of H-pyrrole nitrogens is 2. The van der Waals surface area contributed by atoms with E-state index < -0.39 is 5.82 Å². The van der Waals surface area contributed by atoms with E-state index in [1.165, 1.54) is 49.1 Å². The second kappa shape index (κ2) is 17.1. The van der Waals surface area contributed by atoms with Gasteiger partial charge in [0.15, 0.2) is 6.29 Å². The summed E-state index contributed by atoms with van der Waals surface area (Å²) in [6.07, 6.45) is 3.47. The summed E-state index contributed by atoms with van der Waals surface area (Å²) in [4.78, 5) is 52.3. The lowest BCUT2D eigenvalue weighted by atomic mass is 10.2. The van der Waals surface area contributed by atoms with Gasteiger partial charge in [-0.15, -0.1) is 0 Å². The van der Waals surface area contributed by atoms with Crippen LogP contribution in [0.1, 0.15) is 15.9 Å². The van der Waals surface area contributed by atoms with Gasteiger partial charge in [0.25, 0.3) is 11.1 Å². The molecule has 45 heavy (non-hydrogen) atoms. The maximum atomic E-state index is 13.3. The van der Waals surface area contributed by atoms with Crippen molar-refractivity contribution in [3.63, 3.8) is 0 Å². The molecule has 0 radical (unpaired) electrons. The number of carbonyl (C=O) groups is 1. The third-order valence-electron chi connectivity index (χ3n) is 6.95. The summed E-state index contributed by atoms with van der Waals surface area (Å²) in [5.41, 5.74) is 1.04. The van der Waals surface area contributed by atoms with Gasteiger partial charge < -0.3 is 25.1 Å². The van der Waals surface area contributed by atoms with E-state index in [1.807, 2.05) is 0 Å². The van der Waals surface area contributed by atoms with Gasteiger partial charge in [-0.2, -0.15) is 0 Å². The maximum Gasteiger partial charge on any atom is 0.252 e. The summed E-state index contributed by atoms with van der Waals surface area (Å²) < 4.78 is 27.2. The van der Waals surface area contributed by atoms with E-state index in [9.17, 15) is 23.2 Å². The zero-order valence-electron chi connectivity index (χ0n) is 24.2. The van der Waals surface area contributed by atoms with Crippen LogP contribution in [-0.4, -0.2) is 83.5 Å². The van der Waals surface area contributed by atoms with E-state index in [2.05, 4.69) is 71.8 Å². The zero-order chi connectivity index (χ0) is 32.2. The lowest BCUT2D eigenvalue weighted by Gasteiger charge is -2.35. The minimum absolute atomic E-state index is 0.0940. The van der Waals surface area contributed by atoms with Gasteiger partial charge in [0, 0.05) is 85.5 Å². The Morgan fingerprint density at radius 3 is 1.80 bits per heavy atom. The van der Waals surface area contributed by atoms with Crippen LogP contribution in [0.4, 0.5) is 20.4 Å². The Balaban J connectivity index is 0.000000170. The van der Waals surface area contributed by atoms with Crippen LogP contribution in [0, 0.1) is 11.6 Å². The average molecular weight is 750 g/mol. The fraction of sp³-hybridized carbons (Fsp3) is 0.300. The minimum atomic E-state index is -0.398. The maximum absolute atomic E-state index is 13.3. The first-order chi connectivity index (χ1) is 21.7. The van der Waals surface area contributed by atoms with Crippen molar-refractivity contribution in [2.75, 3.05) is 62.2 Å². The Morgan fingerprint density at radius 2 is 1.27 bits per heavy atom. The summed E-state index contributed by atoms with van der Waals surface area (Å²) >= 11 is 6.55. The monoisotopic (exact) mass is 748 g/mol. The van der Waals surface area contributed by atoms with Gasteiger partial charge in [-0.3, -0.25) is 19.3 Å². The number of hydrogen-bond donors (Lipinski definition) is 3. The summed E-state index contributed by atoms with van der Waals surface area (Å²) in [6.45, 7) is 7.71. The van der Waals surface area contributed by atoms with E-state index >= 15 is 0 Å². The molecule has 0 saturated carbocycles. The fourth-order valence-electron chi connectivity index (χ4n) is 4.60. The highest BCUT2D eigenvalue weighted by molar-refractivity contribution is 9.10. The molecule has 11 nitrogen and oxygen atoms in total. The molecule has 4 heterocycles. The third kappa shape index (κ3) is 10.7. The number of benzene rings is 2. The molecule has 0 bridgehead atoms. The van der Waals surface area contributed by atoms with Crippen molar-refractivity contribution in [2.45, 2.75) is 6.54 Å². The second-order valence-corrected chi connectivity index (χ2v) is 11.8. The van der Waals surface area contributed by atoms with Crippen LogP contribution in [0.2, 0.25) is 0 Å². The number of aromatic amines is 2. The molecule has 0 spiro atoms. The van der Waals surface area contributed by atoms with Crippen LogP contribution in [0.3, 0.4) is 0 Å². The molecule has 2 aliphatic rings. The quantitative estimate of drug-likeness (QED) is 0.263. The van der Waals surface area contributed by atoms with Crippen LogP contribution in [0.15, 0.2) is 79.7 Å². The van der Waals surface area contributed by atoms with Crippen LogP contribution in [0.25, 0.3) is 0 Å². The molecule has 238 valence electrons. The Kier molecular flexibility index (Phi) is 12.9. The summed E-state index contributed by atoms with van der Waals surface area (Å²) in [6, 6.07) is 11.8. The summed E-state index contributed by atoms with van der Waals surface area (Å²) in [7, 11) is 0. The minimum Gasteiger partial charge on any atom is -0.354 e. The van der Waals surface area contributed by atoms with Crippen molar-refractivity contribution in [3.05, 3.63) is 114 Å². The number of nitrogens with one attached hydrogen (secondary N) is 3. The molecule has 3 N–H and O–H groups in total. The van der Waals surface area contributed by atoms with Crippen molar-refractivity contribution in [3.8, 4) is 0 Å². The zero-order valence-corrected chi connectivity index (χ0v) is 27.4. The fourth-order valence-corrected chi connectivity index (χ4v) is 5.31. The number of carbonyl (C=O) groups excluding carboxylic acids is 1. The number of halogens is 4. The molecule has 4 aromatic rings. The number of piperazine rings is 2. The molecular weight excluding hydrogens is 718 g/mol. The highest BCUT2D eigenvalue weighted by Gasteiger charge is 2.19. The largest absolute Gasteiger partial charge is 0.354 e. The SMILES string of the molecule is O=Cc1cc(F)ccc1Br.O=c1cc(N2CCN(Cc3cc(F)ccc3Br)CC2)nc[nH]1.O=c1cc(N2CCNCC2)nc[nH]1. The number of anilines is 2. The van der Waals surface area contributed by atoms with Crippen LogP contribution in [0.5, 0.6) is 0 Å². The number of nitrogens with zero attached hydrogens (tertiary/aromatic N) is 5. The van der Waals surface area contributed by atoms with Crippen LogP contribution < -0.4 is 26.2 Å². The topological polar surface area (TPSA) is 130 Å². The predicted octanol–water partition coefficient (Wildman–Crippen LogP) is 3.57. The molecule has 0 atom stereocenters. The third-order valence-corrected chi connectivity index (χ3v) is 8.45. The first kappa shape index (κ1) is 34.1. The van der Waals surface area contributed by atoms with Gasteiger partial charge in [-0.25, -0.2) is 18.7 Å². The van der Waals surface area contributed by atoms with Gasteiger partial charge in [-0.05, 0) is 42.0 Å². The standard InChI is InChI=1S/C15H16BrFN4O.C8H12N4O.C7H4BrFO/c16-13-2-1-12(17)7-11(13)9-20-3-5-21(6-4-20)14-8-15(22)19-10-18-14;13-8-5-7(10-6-11-8)12-3-1-9-2-4-12;8-7-2-1-6(9)3-5(7)4-10/h1-2,7-8,10H,3-6,9H2,(H,18,19,22);5-6,9H,1-4H2,(H,10,11,13);1-4H. The van der Waals surface area contributed by atoms with E-state index in [1.54, 1.807) is 12.1 Å². The predicted molar refractivity (Wildman–Crippen MR) is 176 cm³/mol. The van der Waals surface area contributed by atoms with E-state index in [-0.39, 0.29) is 16.9 Å². The molecule has 0 amide bonds. The van der Waals surface area contributed by atoms with E-state index in [4.69, 9.17) is 0 Å². The lowest BCUT2D eigenvalue weighted by Crippen LogP contribution is -2.46. The molecular formula is C30H32Br2F2N8O3. The highest BCUT2D eigenvalue weighted by atomic mass is 79.9. The lowest BCUT2D eigenvalue weighted by molar-refractivity contribution is 0.112. The first-order valence-electron chi connectivity index (χ1n) is 14.1. The van der Waals surface area contributed by atoms with Gasteiger partial charge in [0.1, 0.15) is 23.3 Å². The molecule has 0 unspecified atom stereocenters. The van der Waals surface area contributed by atoms with Gasteiger partial charge >= 0.3 is 0 Å². The van der Waals surface area contributed by atoms with E-state index in [0.29, 0.717) is 28.7 Å². The number of hydrogen-bond acceptors (Lipinski definition) is 9. The first-order valence-corrected chi connectivity index (χ1v) is 15.7. The summed E-state index contributed by atoms with van der Waals surface area (Å²) in [5.74, 6) is 0.857. The molecule has 2 aromatic heterocycles. The van der Waals surface area contributed by atoms with E-state index in [0.717, 1.165) is 68.2 Å². The average Bonchev–Trinajstić information content (AvgIpc) is 3.05. The van der Waals surface area contributed by atoms with Crippen molar-refractivity contribution < 1.29 is 13.6 Å². The number of aromatic nitrogens is 4.